The van der Waals surface area contributed by atoms with Crippen molar-refractivity contribution in [3.63, 3.8) is 0 Å². The second-order valence-corrected chi connectivity index (χ2v) is 7.21. The smallest absolute Gasteiger partial charge is 0.328 e. The Labute approximate surface area is 165 Å². The Kier molecular flexibility index (Phi) is 6.98. The van der Waals surface area contributed by atoms with Crippen molar-refractivity contribution in [3.8, 4) is 0 Å². The molecule has 5 nitrogen and oxygen atoms in total. The van der Waals surface area contributed by atoms with Gasteiger partial charge in [0.25, 0.3) is 5.91 Å². The van der Waals surface area contributed by atoms with Crippen molar-refractivity contribution < 1.29 is 14.7 Å². The fraction of sp³-hybridized carbons (Fsp3) is 0.304. The van der Waals surface area contributed by atoms with Gasteiger partial charge in [-0.05, 0) is 61.2 Å². The molecule has 1 amide bonds. The Balaban J connectivity index is 1.44. The number of aliphatic carboxylic acids is 1. The second-order valence-electron chi connectivity index (χ2n) is 7.21. The van der Waals surface area contributed by atoms with Crippen LogP contribution >= 0.6 is 0 Å². The van der Waals surface area contributed by atoms with E-state index in [-0.39, 0.29) is 5.91 Å². The van der Waals surface area contributed by atoms with E-state index in [0.29, 0.717) is 23.6 Å². The highest BCUT2D eigenvalue weighted by atomic mass is 16.4. The summed E-state index contributed by atoms with van der Waals surface area (Å²) in [6.07, 6.45) is 4.71. The minimum Gasteiger partial charge on any atom is -0.478 e. The largest absolute Gasteiger partial charge is 0.478 e. The van der Waals surface area contributed by atoms with E-state index in [2.05, 4.69) is 34.5 Å². The van der Waals surface area contributed by atoms with E-state index in [9.17, 15) is 9.59 Å². The summed E-state index contributed by atoms with van der Waals surface area (Å²) in [5.74, 6) is -0.628. The van der Waals surface area contributed by atoms with Crippen LogP contribution in [0.25, 0.3) is 6.08 Å². The Morgan fingerprint density at radius 2 is 1.82 bits per heavy atom. The van der Waals surface area contributed by atoms with Crippen molar-refractivity contribution in [1.29, 1.82) is 0 Å². The number of amides is 1. The van der Waals surface area contributed by atoms with E-state index in [0.717, 1.165) is 38.6 Å². The number of piperidine rings is 1. The van der Waals surface area contributed by atoms with Crippen LogP contribution in [0.2, 0.25) is 0 Å². The van der Waals surface area contributed by atoms with Gasteiger partial charge in [-0.3, -0.25) is 9.69 Å². The highest BCUT2D eigenvalue weighted by molar-refractivity contribution is 5.95. The van der Waals surface area contributed by atoms with Crippen molar-refractivity contribution >= 4 is 18.0 Å². The summed E-state index contributed by atoms with van der Waals surface area (Å²) < 4.78 is 0. The third kappa shape index (κ3) is 6.06. The first kappa shape index (κ1) is 19.8. The van der Waals surface area contributed by atoms with E-state index >= 15 is 0 Å². The molecule has 5 heteroatoms. The first-order valence-corrected chi connectivity index (χ1v) is 9.66. The molecule has 1 heterocycles. The molecule has 0 radical (unpaired) electrons. The van der Waals surface area contributed by atoms with Gasteiger partial charge in [0.2, 0.25) is 0 Å². The van der Waals surface area contributed by atoms with E-state index in [4.69, 9.17) is 5.11 Å². The average molecular weight is 378 g/mol. The molecular weight excluding hydrogens is 352 g/mol. The number of carboxylic acid groups (broad SMARTS) is 1. The molecule has 0 unspecified atom stereocenters. The molecule has 0 aliphatic carbocycles. The number of hydrogen-bond acceptors (Lipinski definition) is 3. The normalized spacial score (nSPS) is 15.6. The van der Waals surface area contributed by atoms with Gasteiger partial charge in [0.15, 0.2) is 0 Å². The summed E-state index contributed by atoms with van der Waals surface area (Å²) in [4.78, 5) is 25.5. The molecule has 1 aliphatic heterocycles. The molecule has 146 valence electrons. The predicted octanol–water partition coefficient (Wildman–Crippen LogP) is 3.43. The van der Waals surface area contributed by atoms with Crippen LogP contribution < -0.4 is 5.32 Å². The molecule has 0 spiro atoms. The lowest BCUT2D eigenvalue weighted by atomic mass is 9.96. The van der Waals surface area contributed by atoms with Crippen LogP contribution in [0, 0.1) is 5.92 Å². The summed E-state index contributed by atoms with van der Waals surface area (Å²) in [6, 6.07) is 17.5. The summed E-state index contributed by atoms with van der Waals surface area (Å²) >= 11 is 0. The van der Waals surface area contributed by atoms with Gasteiger partial charge in [0, 0.05) is 24.7 Å². The van der Waals surface area contributed by atoms with Crippen LogP contribution in [-0.4, -0.2) is 41.5 Å². The molecule has 2 aromatic rings. The number of likely N-dealkylation sites (tertiary alicyclic amines) is 1. The van der Waals surface area contributed by atoms with E-state index in [1.807, 2.05) is 6.07 Å². The quantitative estimate of drug-likeness (QED) is 0.725. The number of carboxylic acids is 1. The number of carbonyl (C=O) groups excluding carboxylic acids is 1. The molecule has 1 fully saturated rings. The average Bonchev–Trinajstić information content (AvgIpc) is 2.72. The molecule has 2 aromatic carbocycles. The summed E-state index contributed by atoms with van der Waals surface area (Å²) in [7, 11) is 0. The van der Waals surface area contributed by atoms with Gasteiger partial charge in [-0.1, -0.05) is 42.5 Å². The Hall–Kier alpha value is -2.92. The molecule has 0 saturated carbocycles. The zero-order valence-corrected chi connectivity index (χ0v) is 15.9. The number of nitrogens with one attached hydrogen (secondary N) is 1. The van der Waals surface area contributed by atoms with Gasteiger partial charge in [-0.2, -0.15) is 0 Å². The molecular formula is C23H26N2O3. The number of nitrogens with zero attached hydrogens (tertiary/aromatic N) is 1. The lowest BCUT2D eigenvalue weighted by molar-refractivity contribution is -0.131. The van der Waals surface area contributed by atoms with Crippen LogP contribution in [0.5, 0.6) is 0 Å². The van der Waals surface area contributed by atoms with Gasteiger partial charge >= 0.3 is 5.97 Å². The Morgan fingerprint density at radius 3 is 2.54 bits per heavy atom. The lowest BCUT2D eigenvalue weighted by Crippen LogP contribution is -2.38. The van der Waals surface area contributed by atoms with Gasteiger partial charge in [0.05, 0.1) is 0 Å². The Morgan fingerprint density at radius 1 is 1.07 bits per heavy atom. The standard InChI is InChI=1S/C23H26N2O3/c26-22(27)10-9-18-7-4-8-21(15-18)23(28)24-16-19-11-13-25(14-12-19)17-20-5-2-1-3-6-20/h1-10,15,19H,11-14,16-17H2,(H,24,28)(H,26,27)/b10-9+. The number of hydrogen-bond donors (Lipinski definition) is 2. The van der Waals surface area contributed by atoms with E-state index < -0.39 is 5.97 Å². The second kappa shape index (κ2) is 9.85. The first-order chi connectivity index (χ1) is 13.6. The number of carbonyl (C=O) groups is 2. The molecule has 1 aliphatic rings. The maximum absolute atomic E-state index is 12.4. The topological polar surface area (TPSA) is 69.6 Å². The maximum atomic E-state index is 12.4. The molecule has 2 N–H and O–H groups in total. The zero-order chi connectivity index (χ0) is 19.8. The fourth-order valence-electron chi connectivity index (χ4n) is 3.48. The first-order valence-electron chi connectivity index (χ1n) is 9.66. The van der Waals surface area contributed by atoms with Gasteiger partial charge in [-0.15, -0.1) is 0 Å². The van der Waals surface area contributed by atoms with Crippen LogP contribution in [-0.2, 0) is 11.3 Å². The fourth-order valence-corrected chi connectivity index (χ4v) is 3.48. The lowest BCUT2D eigenvalue weighted by Gasteiger charge is -2.32. The minimum absolute atomic E-state index is 0.114. The minimum atomic E-state index is -1.01. The molecule has 1 saturated heterocycles. The molecule has 0 aromatic heterocycles. The number of rotatable bonds is 7. The van der Waals surface area contributed by atoms with Crippen molar-refractivity contribution in [1.82, 2.24) is 10.2 Å². The summed E-state index contributed by atoms with van der Waals surface area (Å²) in [6.45, 7) is 3.75. The van der Waals surface area contributed by atoms with Crippen molar-refractivity contribution in [2.24, 2.45) is 5.92 Å². The predicted molar refractivity (Wildman–Crippen MR) is 110 cm³/mol. The van der Waals surface area contributed by atoms with Crippen LogP contribution in [0.3, 0.4) is 0 Å². The van der Waals surface area contributed by atoms with Crippen LogP contribution in [0.15, 0.2) is 60.7 Å². The third-order valence-corrected chi connectivity index (χ3v) is 5.07. The molecule has 0 atom stereocenters. The van der Waals surface area contributed by atoms with Crippen LogP contribution in [0.4, 0.5) is 0 Å². The molecule has 28 heavy (non-hydrogen) atoms. The van der Waals surface area contributed by atoms with E-state index in [1.54, 1.807) is 24.3 Å². The highest BCUT2D eigenvalue weighted by Crippen LogP contribution is 2.18. The van der Waals surface area contributed by atoms with Gasteiger partial charge < -0.3 is 10.4 Å². The highest BCUT2D eigenvalue weighted by Gasteiger charge is 2.20. The monoisotopic (exact) mass is 378 g/mol. The van der Waals surface area contributed by atoms with Crippen molar-refractivity contribution in [2.75, 3.05) is 19.6 Å². The van der Waals surface area contributed by atoms with Gasteiger partial charge in [-0.25, -0.2) is 4.79 Å². The number of benzene rings is 2. The molecule has 0 bridgehead atoms. The van der Waals surface area contributed by atoms with Crippen molar-refractivity contribution in [2.45, 2.75) is 19.4 Å². The maximum Gasteiger partial charge on any atom is 0.328 e. The zero-order valence-electron chi connectivity index (χ0n) is 15.9. The van der Waals surface area contributed by atoms with E-state index in [1.165, 1.54) is 11.6 Å². The summed E-state index contributed by atoms with van der Waals surface area (Å²) in [5, 5.41) is 11.7. The summed E-state index contributed by atoms with van der Waals surface area (Å²) in [5.41, 5.74) is 2.59. The third-order valence-electron chi connectivity index (χ3n) is 5.07. The molecule has 3 rings (SSSR count). The van der Waals surface area contributed by atoms with Crippen molar-refractivity contribution in [3.05, 3.63) is 77.4 Å². The Bertz CT molecular complexity index is 825. The van der Waals surface area contributed by atoms with Gasteiger partial charge in [0.1, 0.15) is 0 Å². The van der Waals surface area contributed by atoms with Crippen LogP contribution in [0.1, 0.15) is 34.3 Å². The SMILES string of the molecule is O=C(O)/C=C/c1cccc(C(=O)NCC2CCN(Cc3ccccc3)CC2)c1.